The van der Waals surface area contributed by atoms with Crippen molar-refractivity contribution in [2.24, 2.45) is 0 Å². The number of ether oxygens (including phenoxy) is 1. The second-order valence-corrected chi connectivity index (χ2v) is 8.17. The number of rotatable bonds is 7. The van der Waals surface area contributed by atoms with E-state index in [1.807, 2.05) is 31.2 Å². The van der Waals surface area contributed by atoms with Crippen LogP contribution in [0.15, 0.2) is 58.5 Å². The number of carbonyl (C=O) groups excluding carboxylic acids is 1. The van der Waals surface area contributed by atoms with E-state index >= 15 is 0 Å². The first-order valence-electron chi connectivity index (χ1n) is 10.1. The van der Waals surface area contributed by atoms with Crippen LogP contribution >= 0.6 is 11.8 Å². The molecule has 6 nitrogen and oxygen atoms in total. The van der Waals surface area contributed by atoms with E-state index < -0.39 is 5.92 Å². The Kier molecular flexibility index (Phi) is 6.36. The fraction of sp³-hybridized carbons (Fsp3) is 0.261. The molecule has 0 radical (unpaired) electrons. The van der Waals surface area contributed by atoms with Crippen LogP contribution < -0.4 is 15.6 Å². The molecule has 160 valence electrons. The molecule has 2 aromatic carbocycles. The van der Waals surface area contributed by atoms with Gasteiger partial charge < -0.3 is 15.0 Å². The Morgan fingerprint density at radius 1 is 1.16 bits per heavy atom. The molecule has 0 saturated carbocycles. The average molecular weight is 440 g/mol. The molecule has 4 rings (SSSR count). The number of aromatic amines is 1. The van der Waals surface area contributed by atoms with Crippen LogP contribution in [0, 0.1) is 5.82 Å². The number of nitrogens with one attached hydrogen (secondary N) is 2. The summed E-state index contributed by atoms with van der Waals surface area (Å²) in [6, 6.07) is 13.9. The summed E-state index contributed by atoms with van der Waals surface area (Å²) in [6.45, 7) is 2.56. The van der Waals surface area contributed by atoms with Crippen molar-refractivity contribution in [2.45, 2.75) is 36.6 Å². The van der Waals surface area contributed by atoms with Crippen molar-refractivity contribution >= 4 is 23.5 Å². The van der Waals surface area contributed by atoms with E-state index in [4.69, 9.17) is 4.74 Å². The zero-order chi connectivity index (χ0) is 21.8. The van der Waals surface area contributed by atoms with Crippen molar-refractivity contribution in [1.82, 2.24) is 9.97 Å². The second kappa shape index (κ2) is 9.34. The smallest absolute Gasteiger partial charge is 0.257 e. The lowest BCUT2D eigenvalue weighted by Gasteiger charge is -2.26. The number of H-pyrrole nitrogens is 1. The van der Waals surface area contributed by atoms with Gasteiger partial charge in [0.05, 0.1) is 12.2 Å². The van der Waals surface area contributed by atoms with Gasteiger partial charge in [0.25, 0.3) is 5.56 Å². The van der Waals surface area contributed by atoms with Crippen molar-refractivity contribution in [1.29, 1.82) is 0 Å². The standard InChI is InChI=1S/C23H22FN3O3S/c1-2-11-30-18-10-6-4-8-15(18)16-12-19(28)25-21-20(16)22(29)27-23(26-21)31-13-14-7-3-5-9-17(14)24/h3-10,16H,2,11-13H2,1H3,(H2,25,26,27,28,29)/t16-/m1/s1. The lowest BCUT2D eigenvalue weighted by Crippen LogP contribution is -2.31. The van der Waals surface area contributed by atoms with E-state index in [-0.39, 0.29) is 29.5 Å². The molecule has 1 aliphatic rings. The highest BCUT2D eigenvalue weighted by Gasteiger charge is 2.32. The number of fused-ring (bicyclic) bond motifs is 1. The van der Waals surface area contributed by atoms with Crippen molar-refractivity contribution in [3.05, 3.63) is 81.4 Å². The molecule has 0 saturated heterocycles. The number of carbonyl (C=O) groups is 1. The van der Waals surface area contributed by atoms with E-state index in [0.717, 1.165) is 12.0 Å². The normalized spacial score (nSPS) is 15.3. The number of benzene rings is 2. The lowest BCUT2D eigenvalue weighted by molar-refractivity contribution is -0.116. The zero-order valence-electron chi connectivity index (χ0n) is 17.0. The molecule has 1 aliphatic heterocycles. The van der Waals surface area contributed by atoms with Gasteiger partial charge in [0.1, 0.15) is 17.4 Å². The summed E-state index contributed by atoms with van der Waals surface area (Å²) in [5, 5.41) is 3.04. The van der Waals surface area contributed by atoms with E-state index in [1.54, 1.807) is 18.2 Å². The van der Waals surface area contributed by atoms with Crippen molar-refractivity contribution < 1.29 is 13.9 Å². The Balaban J connectivity index is 1.67. The maximum atomic E-state index is 13.9. The minimum atomic E-state index is -0.460. The number of para-hydroxylation sites is 1. The largest absolute Gasteiger partial charge is 0.493 e. The first-order chi connectivity index (χ1) is 15.1. The van der Waals surface area contributed by atoms with Gasteiger partial charge in [-0.3, -0.25) is 9.59 Å². The van der Waals surface area contributed by atoms with Gasteiger partial charge >= 0.3 is 0 Å². The molecular weight excluding hydrogens is 417 g/mol. The molecule has 0 aliphatic carbocycles. The fourth-order valence-electron chi connectivity index (χ4n) is 3.56. The molecule has 0 unspecified atom stereocenters. The van der Waals surface area contributed by atoms with Crippen molar-refractivity contribution in [3.63, 3.8) is 0 Å². The summed E-state index contributed by atoms with van der Waals surface area (Å²) in [4.78, 5) is 32.7. The Morgan fingerprint density at radius 2 is 1.94 bits per heavy atom. The minimum Gasteiger partial charge on any atom is -0.493 e. The molecule has 0 bridgehead atoms. The molecule has 1 aromatic heterocycles. The number of halogens is 1. The summed E-state index contributed by atoms with van der Waals surface area (Å²) >= 11 is 1.20. The summed E-state index contributed by atoms with van der Waals surface area (Å²) in [5.74, 6) is 0.218. The quantitative estimate of drug-likeness (QED) is 0.419. The minimum absolute atomic E-state index is 0.131. The van der Waals surface area contributed by atoms with Gasteiger partial charge in [0, 0.05) is 23.7 Å². The molecular formula is C23H22FN3O3S. The highest BCUT2D eigenvalue weighted by molar-refractivity contribution is 7.98. The molecule has 2 heterocycles. The first-order valence-corrected chi connectivity index (χ1v) is 11.1. The average Bonchev–Trinajstić information content (AvgIpc) is 2.76. The number of amides is 1. The van der Waals surface area contributed by atoms with Crippen LogP contribution in [0.25, 0.3) is 0 Å². The van der Waals surface area contributed by atoms with Gasteiger partial charge in [-0.25, -0.2) is 9.37 Å². The van der Waals surface area contributed by atoms with Crippen LogP contribution in [-0.4, -0.2) is 22.5 Å². The van der Waals surface area contributed by atoms with Crippen LogP contribution in [0.3, 0.4) is 0 Å². The van der Waals surface area contributed by atoms with E-state index in [0.29, 0.717) is 34.4 Å². The third kappa shape index (κ3) is 4.64. The SMILES string of the molecule is CCCOc1ccccc1[C@H]1CC(=O)Nc2nc(SCc3ccccc3F)[nH]c(=O)c21. The third-order valence-corrected chi connectivity index (χ3v) is 5.93. The molecule has 1 atom stereocenters. The molecule has 31 heavy (non-hydrogen) atoms. The van der Waals surface area contributed by atoms with Crippen molar-refractivity contribution in [3.8, 4) is 5.75 Å². The number of hydrogen-bond acceptors (Lipinski definition) is 5. The van der Waals surface area contributed by atoms with E-state index in [9.17, 15) is 14.0 Å². The van der Waals surface area contributed by atoms with Crippen LogP contribution in [0.1, 0.15) is 42.4 Å². The summed E-state index contributed by atoms with van der Waals surface area (Å²) < 4.78 is 19.7. The summed E-state index contributed by atoms with van der Waals surface area (Å²) in [5.41, 5.74) is 1.38. The van der Waals surface area contributed by atoms with E-state index in [1.165, 1.54) is 17.8 Å². The predicted molar refractivity (Wildman–Crippen MR) is 118 cm³/mol. The monoisotopic (exact) mass is 439 g/mol. The number of aromatic nitrogens is 2. The highest BCUT2D eigenvalue weighted by Crippen LogP contribution is 2.38. The Labute approximate surface area is 183 Å². The number of anilines is 1. The zero-order valence-corrected chi connectivity index (χ0v) is 17.8. The van der Waals surface area contributed by atoms with Crippen LogP contribution in [-0.2, 0) is 10.5 Å². The lowest BCUT2D eigenvalue weighted by atomic mass is 9.86. The van der Waals surface area contributed by atoms with E-state index in [2.05, 4.69) is 15.3 Å². The topological polar surface area (TPSA) is 84.1 Å². The third-order valence-electron chi connectivity index (χ3n) is 5.01. The highest BCUT2D eigenvalue weighted by atomic mass is 32.2. The number of thioether (sulfide) groups is 1. The van der Waals surface area contributed by atoms with Crippen LogP contribution in [0.5, 0.6) is 5.75 Å². The molecule has 1 amide bonds. The molecule has 8 heteroatoms. The molecule has 2 N–H and O–H groups in total. The molecule has 0 fully saturated rings. The van der Waals surface area contributed by atoms with Gasteiger partial charge in [-0.15, -0.1) is 0 Å². The first kappa shape index (κ1) is 21.1. The number of nitrogens with zero attached hydrogens (tertiary/aromatic N) is 1. The van der Waals surface area contributed by atoms with Crippen molar-refractivity contribution in [2.75, 3.05) is 11.9 Å². The molecule has 0 spiro atoms. The van der Waals surface area contributed by atoms with Gasteiger partial charge in [-0.1, -0.05) is 55.1 Å². The second-order valence-electron chi connectivity index (χ2n) is 7.20. The van der Waals surface area contributed by atoms with Gasteiger partial charge in [0.2, 0.25) is 5.91 Å². The predicted octanol–water partition coefficient (Wildman–Crippen LogP) is 4.46. The van der Waals surface area contributed by atoms with Gasteiger partial charge in [0.15, 0.2) is 5.16 Å². The maximum absolute atomic E-state index is 13.9. The summed E-state index contributed by atoms with van der Waals surface area (Å²) in [7, 11) is 0. The van der Waals surface area contributed by atoms with Crippen LogP contribution in [0.2, 0.25) is 0 Å². The van der Waals surface area contributed by atoms with Gasteiger partial charge in [-0.2, -0.15) is 0 Å². The Bertz CT molecular complexity index is 1160. The van der Waals surface area contributed by atoms with Gasteiger partial charge in [-0.05, 0) is 24.1 Å². The van der Waals surface area contributed by atoms with Crippen LogP contribution in [0.4, 0.5) is 10.2 Å². The Morgan fingerprint density at radius 3 is 2.74 bits per heavy atom. The Hall–Kier alpha value is -3.13. The number of hydrogen-bond donors (Lipinski definition) is 2. The maximum Gasteiger partial charge on any atom is 0.257 e. The molecule has 3 aromatic rings. The summed E-state index contributed by atoms with van der Waals surface area (Å²) in [6.07, 6.45) is 0.979. The fourth-order valence-corrected chi connectivity index (χ4v) is 4.41.